The lowest BCUT2D eigenvalue weighted by atomic mass is 10.0. The van der Waals surface area contributed by atoms with E-state index in [0.717, 1.165) is 12.1 Å². The number of rotatable bonds is 2. The second-order valence-electron chi connectivity index (χ2n) is 3.83. The summed E-state index contributed by atoms with van der Waals surface area (Å²) in [7, 11) is 0. The van der Waals surface area contributed by atoms with Gasteiger partial charge in [0.2, 0.25) is 0 Å². The molecule has 1 aliphatic heterocycles. The van der Waals surface area contributed by atoms with Crippen molar-refractivity contribution in [1.82, 2.24) is 0 Å². The summed E-state index contributed by atoms with van der Waals surface area (Å²) in [6.07, 6.45) is -3.92. The smallest absolute Gasteiger partial charge is 0.416 e. The second kappa shape index (κ2) is 4.27. The molecule has 92 valence electrons. The molecule has 0 unspecified atom stereocenters. The Labute approximate surface area is 96.1 Å². The molecule has 2 N–H and O–H groups in total. The van der Waals surface area contributed by atoms with Gasteiger partial charge in [-0.2, -0.15) is 13.2 Å². The molecule has 0 saturated heterocycles. The van der Waals surface area contributed by atoms with Crippen molar-refractivity contribution in [3.05, 3.63) is 35.4 Å². The molecule has 0 fully saturated rings. The molecule has 0 radical (unpaired) electrons. The van der Waals surface area contributed by atoms with Crippen molar-refractivity contribution in [2.75, 3.05) is 6.61 Å². The summed E-state index contributed by atoms with van der Waals surface area (Å²) >= 11 is 0. The molecule has 0 spiro atoms. The fraction of sp³-hybridized carbons (Fsp3) is 0.364. The highest BCUT2D eigenvalue weighted by atomic mass is 19.4. The molecule has 1 heterocycles. The van der Waals surface area contributed by atoms with E-state index in [4.69, 9.17) is 10.5 Å². The zero-order chi connectivity index (χ0) is 12.5. The average Bonchev–Trinajstić information content (AvgIpc) is 2.63. The first kappa shape index (κ1) is 11.8. The zero-order valence-corrected chi connectivity index (χ0v) is 8.87. The lowest BCUT2D eigenvalue weighted by molar-refractivity contribution is -0.137. The normalized spacial score (nSPS) is 19.9. The number of aliphatic imine (C=N–C) groups is 1. The summed E-state index contributed by atoms with van der Waals surface area (Å²) in [5, 5.41) is 0. The third-order valence-electron chi connectivity index (χ3n) is 2.46. The molecule has 0 saturated carbocycles. The molecule has 3 nitrogen and oxygen atoms in total. The number of benzene rings is 1. The van der Waals surface area contributed by atoms with Crippen molar-refractivity contribution in [3.63, 3.8) is 0 Å². The van der Waals surface area contributed by atoms with Crippen LogP contribution in [0.15, 0.2) is 29.3 Å². The number of ether oxygens (including phenoxy) is 1. The zero-order valence-electron chi connectivity index (χ0n) is 8.87. The van der Waals surface area contributed by atoms with Gasteiger partial charge in [-0.15, -0.1) is 0 Å². The van der Waals surface area contributed by atoms with E-state index >= 15 is 0 Å². The van der Waals surface area contributed by atoms with Gasteiger partial charge in [-0.25, -0.2) is 4.99 Å². The Kier molecular flexibility index (Phi) is 2.95. The Morgan fingerprint density at radius 3 is 2.76 bits per heavy atom. The van der Waals surface area contributed by atoms with E-state index in [2.05, 4.69) is 4.99 Å². The molecule has 1 aromatic rings. The maximum absolute atomic E-state index is 12.5. The van der Waals surface area contributed by atoms with Gasteiger partial charge in [-0.3, -0.25) is 0 Å². The first-order chi connectivity index (χ1) is 7.95. The van der Waals surface area contributed by atoms with Gasteiger partial charge in [0.15, 0.2) is 0 Å². The Morgan fingerprint density at radius 2 is 2.18 bits per heavy atom. The quantitative estimate of drug-likeness (QED) is 0.864. The number of hydrogen-bond donors (Lipinski definition) is 1. The van der Waals surface area contributed by atoms with Crippen LogP contribution in [0.25, 0.3) is 0 Å². The van der Waals surface area contributed by atoms with Gasteiger partial charge in [-0.05, 0) is 18.1 Å². The van der Waals surface area contributed by atoms with Gasteiger partial charge in [0.25, 0.3) is 6.02 Å². The molecule has 0 aromatic heterocycles. The number of nitrogens with two attached hydrogens (primary N) is 1. The van der Waals surface area contributed by atoms with Gasteiger partial charge >= 0.3 is 6.18 Å². The lowest BCUT2D eigenvalue weighted by Crippen LogP contribution is -2.12. The van der Waals surface area contributed by atoms with E-state index in [1.54, 1.807) is 6.07 Å². The van der Waals surface area contributed by atoms with Gasteiger partial charge in [0.1, 0.15) is 6.61 Å². The summed E-state index contributed by atoms with van der Waals surface area (Å²) in [5.41, 5.74) is 5.25. The molecule has 0 aliphatic carbocycles. The van der Waals surface area contributed by atoms with Crippen LogP contribution >= 0.6 is 0 Å². The molecule has 0 amide bonds. The minimum Gasteiger partial charge on any atom is -0.463 e. The van der Waals surface area contributed by atoms with Crippen molar-refractivity contribution in [2.45, 2.75) is 18.6 Å². The third-order valence-corrected chi connectivity index (χ3v) is 2.46. The molecule has 0 bridgehead atoms. The Hall–Kier alpha value is -1.72. The molecule has 2 rings (SSSR count). The lowest BCUT2D eigenvalue weighted by Gasteiger charge is -2.09. The summed E-state index contributed by atoms with van der Waals surface area (Å²) in [6, 6.07) is 5.11. The number of amidine groups is 1. The van der Waals surface area contributed by atoms with Crippen LogP contribution in [-0.4, -0.2) is 18.7 Å². The fourth-order valence-corrected chi connectivity index (χ4v) is 1.69. The minimum atomic E-state index is -4.31. The van der Waals surface area contributed by atoms with Crippen molar-refractivity contribution < 1.29 is 17.9 Å². The summed E-state index contributed by atoms with van der Waals surface area (Å²) in [5.74, 6) is 0. The molecule has 1 aliphatic rings. The largest absolute Gasteiger partial charge is 0.463 e. The fourth-order valence-electron chi connectivity index (χ4n) is 1.69. The maximum Gasteiger partial charge on any atom is 0.416 e. The van der Waals surface area contributed by atoms with Crippen LogP contribution in [0, 0.1) is 0 Å². The van der Waals surface area contributed by atoms with Crippen LogP contribution in [0.5, 0.6) is 0 Å². The van der Waals surface area contributed by atoms with Gasteiger partial charge in [0, 0.05) is 0 Å². The van der Waals surface area contributed by atoms with Crippen LogP contribution in [0.2, 0.25) is 0 Å². The van der Waals surface area contributed by atoms with Crippen molar-refractivity contribution in [3.8, 4) is 0 Å². The Balaban J connectivity index is 2.12. The maximum atomic E-state index is 12.5. The minimum absolute atomic E-state index is 0.0991. The van der Waals surface area contributed by atoms with Gasteiger partial charge in [0.05, 0.1) is 11.6 Å². The van der Waals surface area contributed by atoms with E-state index in [1.165, 1.54) is 6.07 Å². The van der Waals surface area contributed by atoms with Gasteiger partial charge in [-0.1, -0.05) is 18.2 Å². The first-order valence-electron chi connectivity index (χ1n) is 5.07. The highest BCUT2D eigenvalue weighted by molar-refractivity contribution is 5.73. The monoisotopic (exact) mass is 244 g/mol. The Bertz CT molecular complexity index is 443. The summed E-state index contributed by atoms with van der Waals surface area (Å²) in [4.78, 5) is 3.97. The predicted molar refractivity (Wildman–Crippen MR) is 56.5 cm³/mol. The van der Waals surface area contributed by atoms with E-state index < -0.39 is 11.7 Å². The highest BCUT2D eigenvalue weighted by Crippen LogP contribution is 2.29. The van der Waals surface area contributed by atoms with Crippen LogP contribution < -0.4 is 5.73 Å². The van der Waals surface area contributed by atoms with E-state index in [-0.39, 0.29) is 12.1 Å². The van der Waals surface area contributed by atoms with Crippen LogP contribution in [0.3, 0.4) is 0 Å². The highest BCUT2D eigenvalue weighted by Gasteiger charge is 2.30. The van der Waals surface area contributed by atoms with Crippen LogP contribution in [0.4, 0.5) is 13.2 Å². The van der Waals surface area contributed by atoms with Crippen molar-refractivity contribution in [1.29, 1.82) is 0 Å². The van der Waals surface area contributed by atoms with Crippen molar-refractivity contribution >= 4 is 6.02 Å². The standard InChI is InChI=1S/C11H11F3N2O/c12-11(13,14)8-3-1-2-7(4-8)5-9-6-17-10(15)16-9/h1-4,9H,5-6H2,(H2,15,16)/t9-/m0/s1. The first-order valence-corrected chi connectivity index (χ1v) is 5.07. The van der Waals surface area contributed by atoms with Gasteiger partial charge < -0.3 is 10.5 Å². The van der Waals surface area contributed by atoms with Crippen LogP contribution in [-0.2, 0) is 17.3 Å². The molecular formula is C11H11F3N2O. The third kappa shape index (κ3) is 2.89. The van der Waals surface area contributed by atoms with Crippen LogP contribution in [0.1, 0.15) is 11.1 Å². The summed E-state index contributed by atoms with van der Waals surface area (Å²) in [6.45, 7) is 0.322. The predicted octanol–water partition coefficient (Wildman–Crippen LogP) is 1.96. The molecule has 6 heteroatoms. The number of alkyl halides is 3. The van der Waals surface area contributed by atoms with E-state index in [0.29, 0.717) is 18.6 Å². The number of nitrogens with zero attached hydrogens (tertiary/aromatic N) is 1. The molecule has 1 atom stereocenters. The molecule has 1 aromatic carbocycles. The number of hydrogen-bond acceptors (Lipinski definition) is 3. The van der Waals surface area contributed by atoms with Crippen molar-refractivity contribution in [2.24, 2.45) is 10.7 Å². The number of halogens is 3. The van der Waals surface area contributed by atoms with E-state index in [1.807, 2.05) is 0 Å². The molecular weight excluding hydrogens is 233 g/mol. The summed E-state index contributed by atoms with van der Waals surface area (Å²) < 4.78 is 42.4. The topological polar surface area (TPSA) is 47.6 Å². The Morgan fingerprint density at radius 1 is 1.41 bits per heavy atom. The SMILES string of the molecule is NC1=N[C@@H](Cc2cccc(C(F)(F)F)c2)CO1. The second-order valence-corrected chi connectivity index (χ2v) is 3.83. The average molecular weight is 244 g/mol. The molecule has 17 heavy (non-hydrogen) atoms. The van der Waals surface area contributed by atoms with E-state index in [9.17, 15) is 13.2 Å².